The van der Waals surface area contributed by atoms with Crippen LogP contribution in [0.3, 0.4) is 0 Å². The Balaban J connectivity index is 1.82. The van der Waals surface area contributed by atoms with Gasteiger partial charge in [-0.1, -0.05) is 35.0 Å². The molecule has 130 valence electrons. The Labute approximate surface area is 155 Å². The highest BCUT2D eigenvalue weighted by Gasteiger charge is 2.11. The highest BCUT2D eigenvalue weighted by Crippen LogP contribution is 2.25. The molecule has 4 nitrogen and oxygen atoms in total. The summed E-state index contributed by atoms with van der Waals surface area (Å²) in [5.74, 6) is 0.323. The van der Waals surface area contributed by atoms with Gasteiger partial charge in [0.05, 0.1) is 11.0 Å². The summed E-state index contributed by atoms with van der Waals surface area (Å²) in [6, 6.07) is 14.7. The van der Waals surface area contributed by atoms with Crippen molar-refractivity contribution in [2.24, 2.45) is 0 Å². The number of carboxylic acids is 1. The lowest BCUT2D eigenvalue weighted by atomic mass is 10.1. The van der Waals surface area contributed by atoms with Crippen LogP contribution in [-0.2, 0) is 17.6 Å². The number of unbranched alkanes of at least 4 members (excludes halogenated alkanes) is 1. The Morgan fingerprint density at radius 1 is 1.16 bits per heavy atom. The summed E-state index contributed by atoms with van der Waals surface area (Å²) in [5, 5.41) is 8.69. The second kappa shape index (κ2) is 7.83. The summed E-state index contributed by atoms with van der Waals surface area (Å²) in [6.45, 7) is 2.11. The van der Waals surface area contributed by atoms with Crippen LogP contribution in [0.5, 0.6) is 0 Å². The predicted molar refractivity (Wildman–Crippen MR) is 103 cm³/mol. The number of hydrogen-bond donors (Lipinski definition) is 1. The molecule has 3 rings (SSSR count). The van der Waals surface area contributed by atoms with Crippen LogP contribution in [0.4, 0.5) is 0 Å². The van der Waals surface area contributed by atoms with Gasteiger partial charge in [0.2, 0.25) is 0 Å². The zero-order valence-corrected chi connectivity index (χ0v) is 15.8. The van der Waals surface area contributed by atoms with Gasteiger partial charge >= 0.3 is 5.97 Å². The molecule has 1 aromatic heterocycles. The lowest BCUT2D eigenvalue weighted by Gasteiger charge is -2.09. The summed E-state index contributed by atoms with van der Waals surface area (Å²) in [7, 11) is 0. The number of carbonyl (C=O) groups is 1. The number of aromatic nitrogens is 2. The first kappa shape index (κ1) is 17.7. The van der Waals surface area contributed by atoms with E-state index < -0.39 is 5.97 Å². The van der Waals surface area contributed by atoms with E-state index in [1.165, 1.54) is 5.56 Å². The molecule has 0 aliphatic heterocycles. The van der Waals surface area contributed by atoms with E-state index in [0.717, 1.165) is 52.7 Å². The molecule has 0 unspecified atom stereocenters. The molecule has 25 heavy (non-hydrogen) atoms. The molecule has 1 N–H and O–H groups in total. The highest BCUT2D eigenvalue weighted by atomic mass is 79.9. The van der Waals surface area contributed by atoms with Crippen molar-refractivity contribution in [3.63, 3.8) is 0 Å². The topological polar surface area (TPSA) is 55.1 Å². The average molecular weight is 401 g/mol. The van der Waals surface area contributed by atoms with Gasteiger partial charge in [0, 0.05) is 23.0 Å². The van der Waals surface area contributed by atoms with Crippen LogP contribution >= 0.6 is 15.9 Å². The third-order valence-corrected chi connectivity index (χ3v) is 4.80. The first-order chi connectivity index (χ1) is 12.1. The summed E-state index contributed by atoms with van der Waals surface area (Å²) in [4.78, 5) is 15.3. The van der Waals surface area contributed by atoms with Gasteiger partial charge < -0.3 is 5.11 Å². The maximum Gasteiger partial charge on any atom is 0.303 e. The smallest absolute Gasteiger partial charge is 0.303 e. The molecule has 0 saturated carbocycles. The summed E-state index contributed by atoms with van der Waals surface area (Å²) in [6.07, 6.45) is 3.63. The summed E-state index contributed by atoms with van der Waals surface area (Å²) < 4.78 is 3.24. The number of hydrogen-bond acceptors (Lipinski definition) is 2. The van der Waals surface area contributed by atoms with E-state index in [-0.39, 0.29) is 6.42 Å². The number of fused-ring (bicyclic) bond motifs is 1. The van der Waals surface area contributed by atoms with Crippen LogP contribution in [0.2, 0.25) is 0 Å². The molecule has 0 saturated heterocycles. The maximum absolute atomic E-state index is 10.6. The van der Waals surface area contributed by atoms with Gasteiger partial charge in [-0.05, 0) is 55.2 Å². The molecule has 0 amide bonds. The minimum atomic E-state index is -0.721. The van der Waals surface area contributed by atoms with Crippen molar-refractivity contribution < 1.29 is 9.90 Å². The highest BCUT2D eigenvalue weighted by molar-refractivity contribution is 9.10. The molecule has 0 atom stereocenters. The van der Waals surface area contributed by atoms with E-state index in [9.17, 15) is 4.79 Å². The molecule has 3 aromatic rings. The van der Waals surface area contributed by atoms with Crippen molar-refractivity contribution in [3.05, 3.63) is 58.3 Å². The Hall–Kier alpha value is -2.14. The normalized spacial score (nSPS) is 11.1. The van der Waals surface area contributed by atoms with Crippen LogP contribution in [0.15, 0.2) is 46.9 Å². The third-order valence-electron chi connectivity index (χ3n) is 4.30. The zero-order chi connectivity index (χ0) is 17.8. The lowest BCUT2D eigenvalue weighted by Crippen LogP contribution is -2.00. The first-order valence-corrected chi connectivity index (χ1v) is 9.35. The number of aryl methyl sites for hydroxylation is 2. The zero-order valence-electron chi connectivity index (χ0n) is 14.2. The molecule has 5 heteroatoms. The molecule has 1 heterocycles. The fraction of sp³-hybridized carbons (Fsp3) is 0.300. The van der Waals surface area contributed by atoms with Crippen molar-refractivity contribution in [2.45, 2.75) is 39.0 Å². The predicted octanol–water partition coefficient (Wildman–Crippen LogP) is 5.15. The molecule has 0 spiro atoms. The number of nitrogens with zero attached hydrogens (tertiary/aromatic N) is 2. The number of halogens is 1. The van der Waals surface area contributed by atoms with Crippen molar-refractivity contribution >= 4 is 32.9 Å². The van der Waals surface area contributed by atoms with E-state index >= 15 is 0 Å². The van der Waals surface area contributed by atoms with Crippen molar-refractivity contribution in [3.8, 4) is 5.69 Å². The Morgan fingerprint density at radius 2 is 1.92 bits per heavy atom. The Morgan fingerprint density at radius 3 is 2.60 bits per heavy atom. The number of aliphatic carboxylic acids is 1. The van der Waals surface area contributed by atoms with Crippen LogP contribution in [-0.4, -0.2) is 20.6 Å². The third kappa shape index (κ3) is 4.10. The minimum Gasteiger partial charge on any atom is -0.481 e. The molecule has 2 aromatic carbocycles. The van der Waals surface area contributed by atoms with E-state index in [2.05, 4.69) is 57.8 Å². The molecular formula is C20H21BrN2O2. The standard InChI is InChI=1S/C20H21BrN2O2/c1-2-19-22-17-13-15(21)9-12-18(17)23(19)16-10-7-14(8-11-16)5-3-4-6-20(24)25/h7-13H,2-6H2,1H3,(H,24,25). The van der Waals surface area contributed by atoms with E-state index in [1.807, 2.05) is 12.1 Å². The van der Waals surface area contributed by atoms with E-state index in [1.54, 1.807) is 0 Å². The summed E-state index contributed by atoms with van der Waals surface area (Å²) in [5.41, 5.74) is 4.44. The number of rotatable bonds is 7. The summed E-state index contributed by atoms with van der Waals surface area (Å²) >= 11 is 3.51. The van der Waals surface area contributed by atoms with Crippen LogP contribution in [0.25, 0.3) is 16.7 Å². The van der Waals surface area contributed by atoms with E-state index in [0.29, 0.717) is 0 Å². The van der Waals surface area contributed by atoms with Crippen LogP contribution in [0, 0.1) is 0 Å². The van der Waals surface area contributed by atoms with Gasteiger partial charge in [-0.2, -0.15) is 0 Å². The quantitative estimate of drug-likeness (QED) is 0.558. The molecule has 0 aliphatic rings. The van der Waals surface area contributed by atoms with Crippen LogP contribution < -0.4 is 0 Å². The molecule has 0 radical (unpaired) electrons. The van der Waals surface area contributed by atoms with Crippen LogP contribution in [0.1, 0.15) is 37.6 Å². The molecule has 0 bridgehead atoms. The second-order valence-electron chi connectivity index (χ2n) is 6.12. The minimum absolute atomic E-state index is 0.245. The fourth-order valence-electron chi connectivity index (χ4n) is 3.05. The van der Waals surface area contributed by atoms with Crippen molar-refractivity contribution in [1.82, 2.24) is 9.55 Å². The number of benzene rings is 2. The van der Waals surface area contributed by atoms with Gasteiger partial charge in [-0.3, -0.25) is 9.36 Å². The Bertz CT molecular complexity index is 885. The fourth-order valence-corrected chi connectivity index (χ4v) is 3.39. The lowest BCUT2D eigenvalue weighted by molar-refractivity contribution is -0.137. The van der Waals surface area contributed by atoms with Crippen molar-refractivity contribution in [1.29, 1.82) is 0 Å². The van der Waals surface area contributed by atoms with Gasteiger partial charge in [-0.15, -0.1) is 0 Å². The van der Waals surface area contributed by atoms with Gasteiger partial charge in [-0.25, -0.2) is 4.98 Å². The SMILES string of the molecule is CCc1nc2cc(Br)ccc2n1-c1ccc(CCCCC(=O)O)cc1. The van der Waals surface area contributed by atoms with Gasteiger partial charge in [0.15, 0.2) is 0 Å². The second-order valence-corrected chi connectivity index (χ2v) is 7.03. The first-order valence-electron chi connectivity index (χ1n) is 8.56. The maximum atomic E-state index is 10.6. The van der Waals surface area contributed by atoms with Gasteiger partial charge in [0.1, 0.15) is 5.82 Å². The average Bonchev–Trinajstić information content (AvgIpc) is 2.96. The Kier molecular flexibility index (Phi) is 5.53. The molecular weight excluding hydrogens is 380 g/mol. The van der Waals surface area contributed by atoms with Gasteiger partial charge in [0.25, 0.3) is 0 Å². The monoisotopic (exact) mass is 400 g/mol. The van der Waals surface area contributed by atoms with E-state index in [4.69, 9.17) is 10.1 Å². The largest absolute Gasteiger partial charge is 0.481 e. The number of carboxylic acid groups (broad SMARTS) is 1. The van der Waals surface area contributed by atoms with Crippen molar-refractivity contribution in [2.75, 3.05) is 0 Å². The number of imidazole rings is 1. The molecule has 0 aliphatic carbocycles. The molecule has 0 fully saturated rings.